The van der Waals surface area contributed by atoms with Gasteiger partial charge in [0.15, 0.2) is 5.11 Å². The van der Waals surface area contributed by atoms with Crippen LogP contribution in [0.5, 0.6) is 5.75 Å². The molecule has 3 N–H and O–H groups in total. The van der Waals surface area contributed by atoms with Crippen molar-refractivity contribution in [3.63, 3.8) is 0 Å². The highest BCUT2D eigenvalue weighted by Gasteiger charge is 2.15. The van der Waals surface area contributed by atoms with Crippen molar-refractivity contribution in [2.24, 2.45) is 0 Å². The number of hydrogen-bond donors (Lipinski definition) is 3. The molecule has 2 aromatic carbocycles. The van der Waals surface area contributed by atoms with Crippen LogP contribution in [0.25, 0.3) is 0 Å². The van der Waals surface area contributed by atoms with Gasteiger partial charge in [-0.1, -0.05) is 12.1 Å². The lowest BCUT2D eigenvalue weighted by molar-refractivity contribution is 0.0947. The maximum Gasteiger partial charge on any atom is 0.257 e. The largest absolute Gasteiger partial charge is 0.490 e. The monoisotopic (exact) mass is 515 g/mol. The number of hydrogen-bond acceptors (Lipinski definition) is 5. The fourth-order valence-corrected chi connectivity index (χ4v) is 3.46. The fraction of sp³-hybridized carbons (Fsp3) is 0.174. The van der Waals surface area contributed by atoms with E-state index in [2.05, 4.69) is 31.9 Å². The van der Waals surface area contributed by atoms with Crippen molar-refractivity contribution in [2.45, 2.75) is 26.5 Å². The lowest BCUT2D eigenvalue weighted by atomic mass is 10.1. The molecule has 0 unspecified atom stereocenters. The number of ether oxygens (including phenoxy) is 1. The van der Waals surface area contributed by atoms with Crippen molar-refractivity contribution < 1.29 is 18.7 Å². The number of benzene rings is 2. The summed E-state index contributed by atoms with van der Waals surface area (Å²) in [5, 5.41) is 8.40. The van der Waals surface area contributed by atoms with Crippen LogP contribution in [0, 0.1) is 0 Å². The van der Waals surface area contributed by atoms with Crippen LogP contribution in [0.2, 0.25) is 0 Å². The van der Waals surface area contributed by atoms with Crippen molar-refractivity contribution >= 4 is 50.8 Å². The molecule has 0 bridgehead atoms. The van der Waals surface area contributed by atoms with Gasteiger partial charge < -0.3 is 19.8 Å². The topological polar surface area (TPSA) is 92.6 Å². The van der Waals surface area contributed by atoms with Gasteiger partial charge in [-0.3, -0.25) is 14.9 Å². The molecule has 166 valence electrons. The third-order valence-corrected chi connectivity index (χ3v) is 5.03. The summed E-state index contributed by atoms with van der Waals surface area (Å²) < 4.78 is 11.5. The minimum atomic E-state index is -0.390. The number of anilines is 1. The number of carbonyl (C=O) groups excluding carboxylic acids is 2. The first-order valence-electron chi connectivity index (χ1n) is 9.81. The van der Waals surface area contributed by atoms with Crippen LogP contribution in [-0.4, -0.2) is 23.0 Å². The average molecular weight is 516 g/mol. The first-order valence-corrected chi connectivity index (χ1v) is 11.0. The summed E-state index contributed by atoms with van der Waals surface area (Å²) in [6.07, 6.45) is 1.56. The first-order chi connectivity index (χ1) is 15.3. The lowest BCUT2D eigenvalue weighted by Gasteiger charge is -2.14. The molecular weight excluding hydrogens is 494 g/mol. The van der Waals surface area contributed by atoms with E-state index < -0.39 is 0 Å². The third-order valence-electron chi connectivity index (χ3n) is 4.21. The molecule has 0 aliphatic rings. The van der Waals surface area contributed by atoms with Crippen LogP contribution in [0.1, 0.15) is 40.3 Å². The van der Waals surface area contributed by atoms with Crippen LogP contribution < -0.4 is 20.7 Å². The standard InChI is InChI=1S/C23H22BrN3O4S/c1-14(2)31-20-10-9-15(12-18(20)24)21(28)27-23(32)26-19-8-4-3-7-17(19)22(29)25-13-16-6-5-11-30-16/h3-12,14H,13H2,1-2H3,(H,25,29)(H2,26,27,28,32). The van der Waals surface area contributed by atoms with Gasteiger partial charge in [-0.2, -0.15) is 0 Å². The highest BCUT2D eigenvalue weighted by Crippen LogP contribution is 2.27. The molecule has 0 saturated carbocycles. The lowest BCUT2D eigenvalue weighted by Crippen LogP contribution is -2.35. The Labute approximate surface area is 199 Å². The Morgan fingerprint density at radius 1 is 1.09 bits per heavy atom. The van der Waals surface area contributed by atoms with Crippen LogP contribution in [0.15, 0.2) is 69.8 Å². The van der Waals surface area contributed by atoms with Gasteiger partial charge in [0.1, 0.15) is 11.5 Å². The first kappa shape index (κ1) is 23.5. The van der Waals surface area contributed by atoms with E-state index in [1.54, 1.807) is 60.9 Å². The predicted octanol–water partition coefficient (Wildman–Crippen LogP) is 4.89. The third kappa shape index (κ3) is 6.41. The van der Waals surface area contributed by atoms with E-state index in [9.17, 15) is 9.59 Å². The smallest absolute Gasteiger partial charge is 0.257 e. The molecule has 7 nitrogen and oxygen atoms in total. The van der Waals surface area contributed by atoms with Crippen molar-refractivity contribution in [2.75, 3.05) is 5.32 Å². The second-order valence-corrected chi connectivity index (χ2v) is 8.29. The Hall–Kier alpha value is -3.17. The van der Waals surface area contributed by atoms with E-state index in [4.69, 9.17) is 21.4 Å². The van der Waals surface area contributed by atoms with E-state index in [-0.39, 0.29) is 29.6 Å². The molecule has 0 aliphatic carbocycles. The quantitative estimate of drug-likeness (QED) is 0.388. The highest BCUT2D eigenvalue weighted by molar-refractivity contribution is 9.10. The number of halogens is 1. The molecule has 0 atom stereocenters. The molecule has 2 amide bonds. The zero-order valence-electron chi connectivity index (χ0n) is 17.5. The van der Waals surface area contributed by atoms with E-state index in [0.717, 1.165) is 0 Å². The Morgan fingerprint density at radius 2 is 1.88 bits per heavy atom. The second kappa shape index (κ2) is 10.9. The van der Waals surface area contributed by atoms with Crippen molar-refractivity contribution in [1.29, 1.82) is 0 Å². The molecule has 1 heterocycles. The van der Waals surface area contributed by atoms with Gasteiger partial charge in [-0.15, -0.1) is 0 Å². The fourth-order valence-electron chi connectivity index (χ4n) is 2.79. The predicted molar refractivity (Wildman–Crippen MR) is 130 cm³/mol. The molecule has 9 heteroatoms. The Bertz CT molecular complexity index is 1120. The molecule has 0 radical (unpaired) electrons. The van der Waals surface area contributed by atoms with Gasteiger partial charge in [-0.05, 0) is 84.5 Å². The van der Waals surface area contributed by atoms with Crippen LogP contribution in [0.4, 0.5) is 5.69 Å². The SMILES string of the molecule is CC(C)Oc1ccc(C(=O)NC(=S)Nc2ccccc2C(=O)NCc2ccco2)cc1Br. The van der Waals surface area contributed by atoms with Gasteiger partial charge in [0.05, 0.1) is 34.6 Å². The molecule has 0 saturated heterocycles. The molecule has 0 aliphatic heterocycles. The molecule has 3 aromatic rings. The van der Waals surface area contributed by atoms with Crippen LogP contribution in [-0.2, 0) is 6.54 Å². The van der Waals surface area contributed by atoms with Gasteiger partial charge in [-0.25, -0.2) is 0 Å². The number of amides is 2. The minimum Gasteiger partial charge on any atom is -0.490 e. The van der Waals surface area contributed by atoms with E-state index in [1.807, 2.05) is 13.8 Å². The van der Waals surface area contributed by atoms with Gasteiger partial charge in [0, 0.05) is 5.56 Å². The Morgan fingerprint density at radius 3 is 2.56 bits per heavy atom. The molecule has 0 fully saturated rings. The number of furan rings is 1. The van der Waals surface area contributed by atoms with E-state index in [0.29, 0.717) is 32.8 Å². The van der Waals surface area contributed by atoms with Crippen LogP contribution >= 0.6 is 28.1 Å². The van der Waals surface area contributed by atoms with E-state index in [1.165, 1.54) is 0 Å². The molecule has 1 aromatic heterocycles. The summed E-state index contributed by atoms with van der Waals surface area (Å²) in [5.74, 6) is 0.594. The van der Waals surface area contributed by atoms with Gasteiger partial charge in [0.25, 0.3) is 11.8 Å². The number of nitrogens with one attached hydrogen (secondary N) is 3. The number of thiocarbonyl (C=S) groups is 1. The minimum absolute atomic E-state index is 0.0131. The van der Waals surface area contributed by atoms with Crippen molar-refractivity contribution in [3.05, 3.63) is 82.2 Å². The summed E-state index contributed by atoms with van der Waals surface area (Å²) in [5.41, 5.74) is 1.26. The Balaban J connectivity index is 1.63. The molecule has 0 spiro atoms. The maximum atomic E-state index is 12.6. The summed E-state index contributed by atoms with van der Waals surface area (Å²) in [4.78, 5) is 25.2. The number of para-hydroxylation sites is 1. The Kier molecular flexibility index (Phi) is 8.02. The van der Waals surface area contributed by atoms with E-state index >= 15 is 0 Å². The molecule has 3 rings (SSSR count). The number of rotatable bonds is 7. The average Bonchev–Trinajstić information content (AvgIpc) is 3.27. The van der Waals surface area contributed by atoms with Crippen molar-refractivity contribution in [1.82, 2.24) is 10.6 Å². The van der Waals surface area contributed by atoms with Gasteiger partial charge >= 0.3 is 0 Å². The van der Waals surface area contributed by atoms with Gasteiger partial charge in [0.2, 0.25) is 0 Å². The summed E-state index contributed by atoms with van der Waals surface area (Å²) in [7, 11) is 0. The van der Waals surface area contributed by atoms with Crippen molar-refractivity contribution in [3.8, 4) is 5.75 Å². The summed E-state index contributed by atoms with van der Waals surface area (Å²) in [6.45, 7) is 4.10. The second-order valence-electron chi connectivity index (χ2n) is 7.03. The maximum absolute atomic E-state index is 12.6. The summed E-state index contributed by atoms with van der Waals surface area (Å²) in [6, 6.07) is 15.4. The zero-order chi connectivity index (χ0) is 23.1. The highest BCUT2D eigenvalue weighted by atomic mass is 79.9. The molecular formula is C23H22BrN3O4S. The van der Waals surface area contributed by atoms with Crippen LogP contribution in [0.3, 0.4) is 0 Å². The summed E-state index contributed by atoms with van der Waals surface area (Å²) >= 11 is 8.69. The molecule has 32 heavy (non-hydrogen) atoms. The zero-order valence-corrected chi connectivity index (χ0v) is 19.9. The normalized spacial score (nSPS) is 10.5. The number of carbonyl (C=O) groups is 2.